The lowest BCUT2D eigenvalue weighted by atomic mass is 10.2. The van der Waals surface area contributed by atoms with Crippen LogP contribution in [0.4, 0.5) is 0 Å². The first-order valence-corrected chi connectivity index (χ1v) is 7.35. The zero-order chi connectivity index (χ0) is 14.7. The van der Waals surface area contributed by atoms with Crippen molar-refractivity contribution < 1.29 is 9.90 Å². The molecule has 1 aromatic heterocycles. The summed E-state index contributed by atoms with van der Waals surface area (Å²) in [6.07, 6.45) is 0. The Morgan fingerprint density at radius 1 is 1.30 bits per heavy atom. The summed E-state index contributed by atoms with van der Waals surface area (Å²) in [7, 11) is 0. The van der Waals surface area contributed by atoms with Crippen molar-refractivity contribution in [3.8, 4) is 0 Å². The quantitative estimate of drug-likeness (QED) is 0.676. The van der Waals surface area contributed by atoms with Gasteiger partial charge in [0.2, 0.25) is 0 Å². The minimum atomic E-state index is -1.05. The molecule has 0 saturated heterocycles. The van der Waals surface area contributed by atoms with Crippen molar-refractivity contribution in [1.29, 1.82) is 0 Å². The topological polar surface area (TPSA) is 63.1 Å². The van der Waals surface area contributed by atoms with Crippen LogP contribution in [0.25, 0.3) is 0 Å². The van der Waals surface area contributed by atoms with Crippen LogP contribution in [0, 0.1) is 6.92 Å². The molecule has 4 nitrogen and oxygen atoms in total. The number of carbonyl (C=O) groups is 1. The molecule has 0 saturated carbocycles. The highest BCUT2D eigenvalue weighted by Crippen LogP contribution is 2.26. The fourth-order valence-electron chi connectivity index (χ4n) is 1.56. The summed E-state index contributed by atoms with van der Waals surface area (Å²) in [5.74, 6) is 0.0568. The van der Waals surface area contributed by atoms with Gasteiger partial charge in [-0.15, -0.1) is 11.8 Å². The highest BCUT2D eigenvalue weighted by molar-refractivity contribution is 7.98. The van der Waals surface area contributed by atoms with E-state index < -0.39 is 5.97 Å². The molecule has 0 bridgehead atoms. The molecular formula is C13H10Cl2N2O2S. The van der Waals surface area contributed by atoms with E-state index in [-0.39, 0.29) is 10.6 Å². The van der Waals surface area contributed by atoms with E-state index >= 15 is 0 Å². The zero-order valence-corrected chi connectivity index (χ0v) is 12.8. The Morgan fingerprint density at radius 2 is 2.05 bits per heavy atom. The molecule has 0 radical (unpaired) electrons. The van der Waals surface area contributed by atoms with Gasteiger partial charge in [0.1, 0.15) is 11.0 Å². The second-order valence-corrected chi connectivity index (χ2v) is 5.83. The number of hydrogen-bond donors (Lipinski definition) is 1. The van der Waals surface area contributed by atoms with E-state index in [4.69, 9.17) is 28.3 Å². The number of halogens is 2. The Labute approximate surface area is 130 Å². The van der Waals surface area contributed by atoms with E-state index in [1.807, 2.05) is 6.92 Å². The first-order valence-electron chi connectivity index (χ1n) is 5.61. The van der Waals surface area contributed by atoms with Gasteiger partial charge in [-0.05, 0) is 31.2 Å². The number of carboxylic acids is 1. The van der Waals surface area contributed by atoms with E-state index in [0.717, 1.165) is 10.6 Å². The maximum Gasteiger partial charge on any atom is 0.337 e. The third-order valence-corrected chi connectivity index (χ3v) is 3.92. The summed E-state index contributed by atoms with van der Waals surface area (Å²) in [5.41, 5.74) is 0.878. The van der Waals surface area contributed by atoms with E-state index in [2.05, 4.69) is 9.97 Å². The van der Waals surface area contributed by atoms with Gasteiger partial charge in [0.15, 0.2) is 0 Å². The molecule has 20 heavy (non-hydrogen) atoms. The summed E-state index contributed by atoms with van der Waals surface area (Å²) < 4.78 is 0. The molecule has 0 aliphatic heterocycles. The second-order valence-electron chi connectivity index (χ2n) is 3.98. The molecule has 1 heterocycles. The van der Waals surface area contributed by atoms with Crippen LogP contribution in [0.3, 0.4) is 0 Å². The summed E-state index contributed by atoms with van der Waals surface area (Å²) in [4.78, 5) is 20.2. The maximum absolute atomic E-state index is 11.0. The predicted octanol–water partition coefficient (Wildman–Crippen LogP) is 4.08. The number of hydrogen-bond acceptors (Lipinski definition) is 4. The van der Waals surface area contributed by atoms with Crippen LogP contribution in [0.5, 0.6) is 0 Å². The number of aryl methyl sites for hydroxylation is 1. The molecule has 0 aliphatic rings. The average Bonchev–Trinajstić information content (AvgIpc) is 2.36. The fraction of sp³-hybridized carbons (Fsp3) is 0.154. The van der Waals surface area contributed by atoms with Gasteiger partial charge < -0.3 is 5.11 Å². The number of nitrogens with zero attached hydrogens (tertiary/aromatic N) is 2. The minimum Gasteiger partial charge on any atom is -0.478 e. The van der Waals surface area contributed by atoms with E-state index in [0.29, 0.717) is 16.7 Å². The molecule has 7 heteroatoms. The SMILES string of the molecule is Cc1cc(Cl)nc(CSc2ccc(Cl)c(C(=O)O)c2)n1. The van der Waals surface area contributed by atoms with Gasteiger partial charge in [-0.3, -0.25) is 0 Å². The minimum absolute atomic E-state index is 0.0832. The van der Waals surface area contributed by atoms with Crippen LogP contribution in [-0.2, 0) is 5.75 Å². The molecule has 0 spiro atoms. The molecule has 2 aromatic rings. The number of benzene rings is 1. The smallest absolute Gasteiger partial charge is 0.337 e. The zero-order valence-electron chi connectivity index (χ0n) is 10.4. The first-order chi connectivity index (χ1) is 9.45. The Hall–Kier alpha value is -1.30. The molecule has 0 aliphatic carbocycles. The molecule has 0 atom stereocenters. The van der Waals surface area contributed by atoms with E-state index in [1.165, 1.54) is 17.8 Å². The monoisotopic (exact) mass is 328 g/mol. The van der Waals surface area contributed by atoms with Gasteiger partial charge in [0.25, 0.3) is 0 Å². The van der Waals surface area contributed by atoms with Crippen LogP contribution in [0.15, 0.2) is 29.2 Å². The first kappa shape index (κ1) is 15.1. The van der Waals surface area contributed by atoms with Crippen LogP contribution < -0.4 is 0 Å². The Kier molecular flexibility index (Phi) is 4.86. The van der Waals surface area contributed by atoms with Crippen LogP contribution >= 0.6 is 35.0 Å². The lowest BCUT2D eigenvalue weighted by molar-refractivity contribution is 0.0697. The molecule has 1 aromatic carbocycles. The van der Waals surface area contributed by atoms with E-state index in [9.17, 15) is 4.79 Å². The highest BCUT2D eigenvalue weighted by Gasteiger charge is 2.10. The predicted molar refractivity (Wildman–Crippen MR) is 79.8 cm³/mol. The number of carboxylic acid groups (broad SMARTS) is 1. The summed E-state index contributed by atoms with van der Waals surface area (Å²) >= 11 is 13.1. The van der Waals surface area contributed by atoms with Crippen molar-refractivity contribution >= 4 is 40.9 Å². The van der Waals surface area contributed by atoms with Crippen LogP contribution in [-0.4, -0.2) is 21.0 Å². The highest BCUT2D eigenvalue weighted by atomic mass is 35.5. The van der Waals surface area contributed by atoms with Crippen molar-refractivity contribution in [2.45, 2.75) is 17.6 Å². The summed E-state index contributed by atoms with van der Waals surface area (Å²) in [6.45, 7) is 1.84. The second kappa shape index (κ2) is 6.43. The van der Waals surface area contributed by atoms with Gasteiger partial charge in [0.05, 0.1) is 16.3 Å². The molecule has 104 valence electrons. The lowest BCUT2D eigenvalue weighted by Gasteiger charge is -2.05. The van der Waals surface area contributed by atoms with Crippen molar-refractivity contribution in [1.82, 2.24) is 9.97 Å². The molecular weight excluding hydrogens is 319 g/mol. The van der Waals surface area contributed by atoms with Crippen molar-refractivity contribution in [2.75, 3.05) is 0 Å². The lowest BCUT2D eigenvalue weighted by Crippen LogP contribution is -1.98. The van der Waals surface area contributed by atoms with Crippen LogP contribution in [0.2, 0.25) is 10.2 Å². The molecule has 0 fully saturated rings. The van der Waals surface area contributed by atoms with Crippen molar-refractivity contribution in [3.63, 3.8) is 0 Å². The number of aromatic carboxylic acids is 1. The molecule has 0 unspecified atom stereocenters. The van der Waals surface area contributed by atoms with Gasteiger partial charge >= 0.3 is 5.97 Å². The number of aromatic nitrogens is 2. The standard InChI is InChI=1S/C13H10Cl2N2O2S/c1-7-4-11(15)17-12(16-7)6-20-8-2-3-10(14)9(5-8)13(18)19/h2-5H,6H2,1H3,(H,18,19). The van der Waals surface area contributed by atoms with Gasteiger partial charge in [0, 0.05) is 10.6 Å². The molecule has 0 amide bonds. The Morgan fingerprint density at radius 3 is 2.70 bits per heavy atom. The largest absolute Gasteiger partial charge is 0.478 e. The van der Waals surface area contributed by atoms with Gasteiger partial charge in [-0.25, -0.2) is 14.8 Å². The molecule has 2 rings (SSSR count). The molecule has 1 N–H and O–H groups in total. The van der Waals surface area contributed by atoms with Gasteiger partial charge in [-0.1, -0.05) is 23.2 Å². The summed E-state index contributed by atoms with van der Waals surface area (Å²) in [6, 6.07) is 6.54. The maximum atomic E-state index is 11.0. The Bertz CT molecular complexity index is 645. The van der Waals surface area contributed by atoms with E-state index in [1.54, 1.807) is 18.2 Å². The fourth-order valence-corrected chi connectivity index (χ4v) is 2.80. The average molecular weight is 329 g/mol. The normalized spacial score (nSPS) is 10.6. The number of rotatable bonds is 4. The third kappa shape index (κ3) is 3.85. The summed E-state index contributed by atoms with van der Waals surface area (Å²) in [5, 5.41) is 9.63. The Balaban J connectivity index is 2.14. The number of thioether (sulfide) groups is 1. The van der Waals surface area contributed by atoms with Crippen LogP contribution in [0.1, 0.15) is 21.9 Å². The van der Waals surface area contributed by atoms with Crippen molar-refractivity contribution in [2.24, 2.45) is 0 Å². The van der Waals surface area contributed by atoms with Crippen molar-refractivity contribution in [3.05, 3.63) is 51.5 Å². The third-order valence-electron chi connectivity index (χ3n) is 2.41. The van der Waals surface area contributed by atoms with Gasteiger partial charge in [-0.2, -0.15) is 0 Å².